The Morgan fingerprint density at radius 2 is 2.24 bits per heavy atom. The minimum atomic E-state index is -0.191. The summed E-state index contributed by atoms with van der Waals surface area (Å²) >= 11 is 0. The molecule has 2 N–H and O–H groups in total. The number of terminal acetylenes is 1. The zero-order chi connectivity index (χ0) is 12.7. The van der Waals surface area contributed by atoms with Gasteiger partial charge in [-0.3, -0.25) is 4.99 Å². The third-order valence-electron chi connectivity index (χ3n) is 2.26. The Labute approximate surface area is 101 Å². The standard InChI is InChI=1S/C13H16FN3/c1-4-7-16-13(15-3)17-9-11-5-6-12(14)10(2)8-11/h1,5-6,8H,7,9H2,2-3H3,(H2,15,16,17). The maximum atomic E-state index is 13.1. The van der Waals surface area contributed by atoms with E-state index in [1.165, 1.54) is 6.07 Å². The van der Waals surface area contributed by atoms with E-state index in [-0.39, 0.29) is 5.82 Å². The van der Waals surface area contributed by atoms with Gasteiger partial charge < -0.3 is 10.6 Å². The van der Waals surface area contributed by atoms with Gasteiger partial charge in [-0.25, -0.2) is 4.39 Å². The molecule has 0 heterocycles. The molecule has 1 aromatic rings. The lowest BCUT2D eigenvalue weighted by Gasteiger charge is -2.10. The molecule has 0 aromatic heterocycles. The van der Waals surface area contributed by atoms with Gasteiger partial charge in [-0.05, 0) is 24.1 Å². The first-order chi connectivity index (χ1) is 8.17. The third-order valence-corrected chi connectivity index (χ3v) is 2.26. The largest absolute Gasteiger partial charge is 0.352 e. The molecule has 0 radical (unpaired) electrons. The molecule has 0 fully saturated rings. The van der Waals surface area contributed by atoms with Crippen LogP contribution in [0.2, 0.25) is 0 Å². The van der Waals surface area contributed by atoms with Gasteiger partial charge in [0.15, 0.2) is 5.96 Å². The van der Waals surface area contributed by atoms with E-state index in [0.717, 1.165) is 5.56 Å². The van der Waals surface area contributed by atoms with Crippen LogP contribution in [0.1, 0.15) is 11.1 Å². The van der Waals surface area contributed by atoms with Gasteiger partial charge in [0, 0.05) is 13.6 Å². The molecule has 1 rings (SSSR count). The topological polar surface area (TPSA) is 36.4 Å². The molecule has 0 aliphatic carbocycles. The summed E-state index contributed by atoms with van der Waals surface area (Å²) in [6.45, 7) is 2.73. The first kappa shape index (κ1) is 13.0. The molecule has 0 atom stereocenters. The fraction of sp³-hybridized carbons (Fsp3) is 0.308. The Kier molecular flexibility index (Phi) is 5.02. The summed E-state index contributed by atoms with van der Waals surface area (Å²) < 4.78 is 13.1. The molecule has 0 bridgehead atoms. The number of hydrogen-bond acceptors (Lipinski definition) is 1. The summed E-state index contributed by atoms with van der Waals surface area (Å²) in [7, 11) is 1.67. The minimum absolute atomic E-state index is 0.191. The molecule has 0 unspecified atom stereocenters. The normalized spacial score (nSPS) is 10.8. The number of aryl methyl sites for hydroxylation is 1. The Balaban J connectivity index is 2.55. The lowest BCUT2D eigenvalue weighted by molar-refractivity contribution is 0.617. The van der Waals surface area contributed by atoms with E-state index in [0.29, 0.717) is 24.6 Å². The highest BCUT2D eigenvalue weighted by Gasteiger charge is 2.00. The maximum absolute atomic E-state index is 13.1. The zero-order valence-corrected chi connectivity index (χ0v) is 10.0. The molecule has 0 saturated carbocycles. The molecule has 4 heteroatoms. The fourth-order valence-corrected chi connectivity index (χ4v) is 1.36. The fourth-order valence-electron chi connectivity index (χ4n) is 1.36. The van der Waals surface area contributed by atoms with Gasteiger partial charge in [-0.2, -0.15) is 0 Å². The number of halogens is 1. The first-order valence-electron chi connectivity index (χ1n) is 5.30. The van der Waals surface area contributed by atoms with E-state index < -0.39 is 0 Å². The Morgan fingerprint density at radius 3 is 2.82 bits per heavy atom. The predicted octanol–water partition coefficient (Wildman–Crippen LogP) is 1.43. The van der Waals surface area contributed by atoms with Crippen molar-refractivity contribution in [1.29, 1.82) is 0 Å². The number of nitrogens with zero attached hydrogens (tertiary/aromatic N) is 1. The Bertz CT molecular complexity index is 446. The van der Waals surface area contributed by atoms with Crippen LogP contribution in [0.3, 0.4) is 0 Å². The van der Waals surface area contributed by atoms with E-state index in [2.05, 4.69) is 21.5 Å². The van der Waals surface area contributed by atoms with Gasteiger partial charge in [0.05, 0.1) is 6.54 Å². The van der Waals surface area contributed by atoms with Crippen molar-refractivity contribution in [2.24, 2.45) is 4.99 Å². The van der Waals surface area contributed by atoms with E-state index in [1.807, 2.05) is 0 Å². The molecule has 17 heavy (non-hydrogen) atoms. The quantitative estimate of drug-likeness (QED) is 0.471. The summed E-state index contributed by atoms with van der Waals surface area (Å²) in [6, 6.07) is 5.00. The summed E-state index contributed by atoms with van der Waals surface area (Å²) in [6.07, 6.45) is 5.14. The van der Waals surface area contributed by atoms with Crippen molar-refractivity contribution >= 4 is 5.96 Å². The van der Waals surface area contributed by atoms with Crippen molar-refractivity contribution in [3.63, 3.8) is 0 Å². The van der Waals surface area contributed by atoms with E-state index in [9.17, 15) is 4.39 Å². The van der Waals surface area contributed by atoms with Crippen LogP contribution < -0.4 is 10.6 Å². The van der Waals surface area contributed by atoms with Crippen molar-refractivity contribution in [2.75, 3.05) is 13.6 Å². The molecular weight excluding hydrogens is 217 g/mol. The van der Waals surface area contributed by atoms with Gasteiger partial charge in [0.25, 0.3) is 0 Å². The number of benzene rings is 1. The van der Waals surface area contributed by atoms with Gasteiger partial charge >= 0.3 is 0 Å². The lowest BCUT2D eigenvalue weighted by atomic mass is 10.1. The highest BCUT2D eigenvalue weighted by atomic mass is 19.1. The SMILES string of the molecule is C#CCNC(=NC)NCc1ccc(F)c(C)c1. The highest BCUT2D eigenvalue weighted by Crippen LogP contribution is 2.08. The summed E-state index contributed by atoms with van der Waals surface area (Å²) in [4.78, 5) is 4.01. The number of guanidine groups is 1. The molecule has 0 spiro atoms. The molecule has 0 aliphatic rings. The number of nitrogens with one attached hydrogen (secondary N) is 2. The highest BCUT2D eigenvalue weighted by molar-refractivity contribution is 5.79. The summed E-state index contributed by atoms with van der Waals surface area (Å²) in [5.74, 6) is 2.90. The Hall–Kier alpha value is -2.02. The number of rotatable bonds is 3. The summed E-state index contributed by atoms with van der Waals surface area (Å²) in [5, 5.41) is 6.03. The molecule has 1 aromatic carbocycles. The van der Waals surface area contributed by atoms with Crippen LogP contribution in [0.25, 0.3) is 0 Å². The number of hydrogen-bond donors (Lipinski definition) is 2. The average molecular weight is 233 g/mol. The monoisotopic (exact) mass is 233 g/mol. The molecular formula is C13H16FN3. The first-order valence-corrected chi connectivity index (χ1v) is 5.30. The minimum Gasteiger partial charge on any atom is -0.352 e. The second kappa shape index (κ2) is 6.54. The molecule has 3 nitrogen and oxygen atoms in total. The van der Waals surface area contributed by atoms with Crippen LogP contribution in [0.4, 0.5) is 4.39 Å². The molecule has 0 aliphatic heterocycles. The van der Waals surface area contributed by atoms with Gasteiger partial charge in [-0.1, -0.05) is 18.1 Å². The smallest absolute Gasteiger partial charge is 0.192 e. The molecule has 90 valence electrons. The average Bonchev–Trinajstić information content (AvgIpc) is 2.34. The van der Waals surface area contributed by atoms with E-state index >= 15 is 0 Å². The van der Waals surface area contributed by atoms with Gasteiger partial charge in [0.1, 0.15) is 5.82 Å². The van der Waals surface area contributed by atoms with Crippen LogP contribution in [0, 0.1) is 25.1 Å². The predicted molar refractivity (Wildman–Crippen MR) is 68.2 cm³/mol. The van der Waals surface area contributed by atoms with Crippen molar-refractivity contribution in [3.05, 3.63) is 35.1 Å². The van der Waals surface area contributed by atoms with E-state index in [1.54, 1.807) is 26.1 Å². The van der Waals surface area contributed by atoms with Gasteiger partial charge in [-0.15, -0.1) is 6.42 Å². The molecule has 0 saturated heterocycles. The second-order valence-corrected chi connectivity index (χ2v) is 3.57. The molecule has 0 amide bonds. The lowest BCUT2D eigenvalue weighted by Crippen LogP contribution is -2.36. The van der Waals surface area contributed by atoms with Crippen molar-refractivity contribution in [1.82, 2.24) is 10.6 Å². The Morgan fingerprint density at radius 1 is 1.47 bits per heavy atom. The van der Waals surface area contributed by atoms with Crippen LogP contribution in [0.5, 0.6) is 0 Å². The van der Waals surface area contributed by atoms with Crippen molar-refractivity contribution < 1.29 is 4.39 Å². The zero-order valence-electron chi connectivity index (χ0n) is 10.0. The van der Waals surface area contributed by atoms with Crippen molar-refractivity contribution in [2.45, 2.75) is 13.5 Å². The second-order valence-electron chi connectivity index (χ2n) is 3.57. The maximum Gasteiger partial charge on any atom is 0.192 e. The van der Waals surface area contributed by atoms with Gasteiger partial charge in [0.2, 0.25) is 0 Å². The van der Waals surface area contributed by atoms with E-state index in [4.69, 9.17) is 6.42 Å². The van der Waals surface area contributed by atoms with Crippen LogP contribution >= 0.6 is 0 Å². The van der Waals surface area contributed by atoms with Crippen LogP contribution in [-0.4, -0.2) is 19.6 Å². The van der Waals surface area contributed by atoms with Crippen LogP contribution in [0.15, 0.2) is 23.2 Å². The summed E-state index contributed by atoms with van der Waals surface area (Å²) in [5.41, 5.74) is 1.63. The third kappa shape index (κ3) is 4.15. The van der Waals surface area contributed by atoms with Crippen molar-refractivity contribution in [3.8, 4) is 12.3 Å². The van der Waals surface area contributed by atoms with Crippen LogP contribution in [-0.2, 0) is 6.54 Å². The number of aliphatic imine (C=N–C) groups is 1.